The molecule has 0 aliphatic carbocycles. The van der Waals surface area contributed by atoms with Gasteiger partial charge in [-0.25, -0.2) is 4.39 Å². The summed E-state index contributed by atoms with van der Waals surface area (Å²) in [6.45, 7) is 4.83. The molecule has 0 bridgehead atoms. The van der Waals surface area contributed by atoms with Crippen molar-refractivity contribution in [3.05, 3.63) is 28.3 Å². The van der Waals surface area contributed by atoms with E-state index in [1.165, 1.54) is 12.1 Å². The number of amides is 1. The normalized spacial score (nSPS) is 22.7. The van der Waals surface area contributed by atoms with Crippen LogP contribution in [0.15, 0.2) is 12.1 Å². The highest BCUT2D eigenvalue weighted by Crippen LogP contribution is 2.22. The molecule has 1 fully saturated rings. The molecule has 2 atom stereocenters. The maximum absolute atomic E-state index is 13.7. The molecule has 7 heteroatoms. The van der Waals surface area contributed by atoms with Crippen LogP contribution in [0.1, 0.15) is 24.2 Å². The van der Waals surface area contributed by atoms with Gasteiger partial charge in [-0.2, -0.15) is 0 Å². The lowest BCUT2D eigenvalue weighted by molar-refractivity contribution is -0.0440. The van der Waals surface area contributed by atoms with E-state index in [0.717, 1.165) is 0 Å². The van der Waals surface area contributed by atoms with E-state index in [1.54, 1.807) is 4.90 Å². The minimum atomic E-state index is -0.468. The van der Waals surface area contributed by atoms with E-state index in [0.29, 0.717) is 34.5 Å². The minimum Gasteiger partial charge on any atom is -0.375 e. The third-order valence-corrected chi connectivity index (χ3v) is 4.17. The monoisotopic (exact) mass is 309 g/mol. The van der Waals surface area contributed by atoms with Crippen LogP contribution >= 0.6 is 12.2 Å². The van der Waals surface area contributed by atoms with Gasteiger partial charge in [0, 0.05) is 6.54 Å². The van der Waals surface area contributed by atoms with E-state index in [2.05, 4.69) is 9.97 Å². The number of morpholine rings is 1. The average molecular weight is 309 g/mol. The first-order valence-corrected chi connectivity index (χ1v) is 7.22. The first-order chi connectivity index (χ1) is 9.97. The van der Waals surface area contributed by atoms with E-state index < -0.39 is 5.82 Å². The molecule has 1 amide bonds. The van der Waals surface area contributed by atoms with E-state index in [4.69, 9.17) is 17.0 Å². The fraction of sp³-hybridized carbons (Fsp3) is 0.429. The molecular weight excluding hydrogens is 293 g/mol. The number of nitrogens with zero attached hydrogens (tertiary/aromatic N) is 1. The predicted octanol–water partition coefficient (Wildman–Crippen LogP) is 2.61. The van der Waals surface area contributed by atoms with Crippen molar-refractivity contribution in [1.82, 2.24) is 14.9 Å². The predicted molar refractivity (Wildman–Crippen MR) is 79.4 cm³/mol. The molecule has 2 N–H and O–H groups in total. The van der Waals surface area contributed by atoms with Crippen LogP contribution in [0.25, 0.3) is 11.0 Å². The fourth-order valence-electron chi connectivity index (χ4n) is 2.65. The number of ether oxygens (including phenoxy) is 1. The topological polar surface area (TPSA) is 61.1 Å². The standard InChI is InChI=1S/C14H16FN3O2S/c1-7-8(2)20-4-3-18(7)13(19)10-5-9(15)6-11-12(10)17-14(21)16-11/h5-8H,3-4H2,1-2H3,(H2,16,17,21). The molecule has 2 heterocycles. The first kappa shape index (κ1) is 14.2. The van der Waals surface area contributed by atoms with Crippen LogP contribution in [0.5, 0.6) is 0 Å². The number of hydrogen-bond donors (Lipinski definition) is 2. The number of H-pyrrole nitrogens is 2. The average Bonchev–Trinajstić information content (AvgIpc) is 2.80. The van der Waals surface area contributed by atoms with Crippen LogP contribution in [-0.2, 0) is 4.74 Å². The molecule has 1 aliphatic heterocycles. The van der Waals surface area contributed by atoms with Crippen LogP contribution in [0.3, 0.4) is 0 Å². The Hall–Kier alpha value is -1.73. The second kappa shape index (κ2) is 5.23. The van der Waals surface area contributed by atoms with Gasteiger partial charge in [0.05, 0.1) is 35.3 Å². The number of rotatable bonds is 1. The smallest absolute Gasteiger partial charge is 0.256 e. The van der Waals surface area contributed by atoms with Gasteiger partial charge in [-0.1, -0.05) is 0 Å². The number of aromatic amines is 2. The van der Waals surface area contributed by atoms with E-state index in [-0.39, 0.29) is 18.1 Å². The quantitative estimate of drug-likeness (QED) is 0.796. The van der Waals surface area contributed by atoms with Gasteiger partial charge in [-0.15, -0.1) is 0 Å². The van der Waals surface area contributed by atoms with Gasteiger partial charge < -0.3 is 19.6 Å². The molecule has 1 aromatic carbocycles. The maximum Gasteiger partial charge on any atom is 0.256 e. The lowest BCUT2D eigenvalue weighted by atomic mass is 10.1. The van der Waals surface area contributed by atoms with Gasteiger partial charge in [0.1, 0.15) is 5.82 Å². The molecule has 1 aromatic heterocycles. The van der Waals surface area contributed by atoms with Crippen molar-refractivity contribution in [3.8, 4) is 0 Å². The highest BCUT2D eigenvalue weighted by atomic mass is 32.1. The summed E-state index contributed by atoms with van der Waals surface area (Å²) in [4.78, 5) is 20.2. The second-order valence-corrected chi connectivity index (χ2v) is 5.68. The molecule has 3 rings (SSSR count). The zero-order valence-corrected chi connectivity index (χ0v) is 12.6. The molecule has 0 spiro atoms. The Balaban J connectivity index is 2.07. The Bertz CT molecular complexity index is 754. The molecule has 5 nitrogen and oxygen atoms in total. The number of halogens is 1. The van der Waals surface area contributed by atoms with Crippen molar-refractivity contribution in [3.63, 3.8) is 0 Å². The van der Waals surface area contributed by atoms with Crippen molar-refractivity contribution in [2.75, 3.05) is 13.2 Å². The van der Waals surface area contributed by atoms with Crippen molar-refractivity contribution < 1.29 is 13.9 Å². The van der Waals surface area contributed by atoms with Crippen LogP contribution < -0.4 is 0 Å². The molecule has 1 aliphatic rings. The zero-order valence-electron chi connectivity index (χ0n) is 11.8. The van der Waals surface area contributed by atoms with Crippen LogP contribution in [-0.4, -0.2) is 46.1 Å². The molecule has 21 heavy (non-hydrogen) atoms. The van der Waals surface area contributed by atoms with Gasteiger partial charge in [0.2, 0.25) is 0 Å². The maximum atomic E-state index is 13.7. The third kappa shape index (κ3) is 2.47. The molecule has 1 saturated heterocycles. The number of imidazole rings is 1. The fourth-order valence-corrected chi connectivity index (χ4v) is 2.86. The van der Waals surface area contributed by atoms with Crippen LogP contribution in [0.2, 0.25) is 0 Å². The Morgan fingerprint density at radius 1 is 1.43 bits per heavy atom. The Morgan fingerprint density at radius 2 is 2.19 bits per heavy atom. The van der Waals surface area contributed by atoms with Gasteiger partial charge in [-0.05, 0) is 38.2 Å². The number of aromatic nitrogens is 2. The van der Waals surface area contributed by atoms with Crippen molar-refractivity contribution in [1.29, 1.82) is 0 Å². The Kier molecular flexibility index (Phi) is 3.54. The molecule has 2 aromatic rings. The minimum absolute atomic E-state index is 0.0449. The highest BCUT2D eigenvalue weighted by molar-refractivity contribution is 7.71. The molecular formula is C14H16FN3O2S. The molecule has 2 unspecified atom stereocenters. The van der Waals surface area contributed by atoms with E-state index >= 15 is 0 Å². The number of carbonyl (C=O) groups excluding carboxylic acids is 1. The summed E-state index contributed by atoms with van der Waals surface area (Å²) < 4.78 is 19.6. The third-order valence-electron chi connectivity index (χ3n) is 3.97. The van der Waals surface area contributed by atoms with Crippen molar-refractivity contribution in [2.45, 2.75) is 26.0 Å². The van der Waals surface area contributed by atoms with Gasteiger partial charge >= 0.3 is 0 Å². The summed E-state index contributed by atoms with van der Waals surface area (Å²) in [5.74, 6) is -0.683. The summed E-state index contributed by atoms with van der Waals surface area (Å²) >= 11 is 5.02. The number of fused-ring (bicyclic) bond motifs is 1. The zero-order chi connectivity index (χ0) is 15.1. The lowest BCUT2D eigenvalue weighted by Gasteiger charge is -2.37. The van der Waals surface area contributed by atoms with Crippen molar-refractivity contribution >= 4 is 29.2 Å². The van der Waals surface area contributed by atoms with E-state index in [9.17, 15) is 9.18 Å². The van der Waals surface area contributed by atoms with Crippen LogP contribution in [0.4, 0.5) is 4.39 Å². The molecule has 112 valence electrons. The first-order valence-electron chi connectivity index (χ1n) is 6.81. The summed E-state index contributed by atoms with van der Waals surface area (Å²) in [6.07, 6.45) is -0.0449. The molecule has 0 radical (unpaired) electrons. The second-order valence-electron chi connectivity index (χ2n) is 5.27. The SMILES string of the molecule is CC1OCCN(C(=O)c2cc(F)cc3[nH]c(=S)[nH]c23)C1C. The summed E-state index contributed by atoms with van der Waals surface area (Å²) in [7, 11) is 0. The lowest BCUT2D eigenvalue weighted by Crippen LogP contribution is -2.51. The number of hydrogen-bond acceptors (Lipinski definition) is 3. The summed E-state index contributed by atoms with van der Waals surface area (Å²) in [5, 5.41) is 0. The Labute approximate surface area is 126 Å². The highest BCUT2D eigenvalue weighted by Gasteiger charge is 2.31. The summed E-state index contributed by atoms with van der Waals surface area (Å²) in [5.41, 5.74) is 1.33. The number of carbonyl (C=O) groups is 1. The van der Waals surface area contributed by atoms with Gasteiger partial charge in [-0.3, -0.25) is 4.79 Å². The van der Waals surface area contributed by atoms with Crippen molar-refractivity contribution in [2.24, 2.45) is 0 Å². The van der Waals surface area contributed by atoms with Gasteiger partial charge in [0.15, 0.2) is 4.77 Å². The van der Waals surface area contributed by atoms with Crippen LogP contribution in [0, 0.1) is 10.6 Å². The molecule has 0 saturated carbocycles. The van der Waals surface area contributed by atoms with Gasteiger partial charge in [0.25, 0.3) is 5.91 Å². The van der Waals surface area contributed by atoms with E-state index in [1.807, 2.05) is 13.8 Å². The number of benzene rings is 1. The summed E-state index contributed by atoms with van der Waals surface area (Å²) in [6, 6.07) is 2.51. The Morgan fingerprint density at radius 3 is 2.95 bits per heavy atom. The largest absolute Gasteiger partial charge is 0.375 e. The number of nitrogens with one attached hydrogen (secondary N) is 2.